The number of fused-ring (bicyclic) bond motifs is 3. The Kier molecular flexibility index (Phi) is 6.37. The van der Waals surface area contributed by atoms with Gasteiger partial charge in [0.15, 0.2) is 5.78 Å². The van der Waals surface area contributed by atoms with Gasteiger partial charge in [0.1, 0.15) is 5.69 Å². The van der Waals surface area contributed by atoms with E-state index in [0.29, 0.717) is 36.9 Å². The molecular formula is C31H30N4O3S. The van der Waals surface area contributed by atoms with E-state index in [1.807, 2.05) is 41.4 Å². The van der Waals surface area contributed by atoms with Crippen molar-refractivity contribution in [1.82, 2.24) is 15.2 Å². The molecule has 0 radical (unpaired) electrons. The van der Waals surface area contributed by atoms with Crippen LogP contribution in [0.3, 0.4) is 0 Å². The van der Waals surface area contributed by atoms with Crippen LogP contribution in [0.2, 0.25) is 0 Å². The molecule has 0 atom stereocenters. The molecule has 3 aliphatic rings. The summed E-state index contributed by atoms with van der Waals surface area (Å²) in [5.74, 6) is 1.01. The smallest absolute Gasteiger partial charge is 0.276 e. The van der Waals surface area contributed by atoms with Crippen LogP contribution in [0.5, 0.6) is 0 Å². The van der Waals surface area contributed by atoms with E-state index in [9.17, 15) is 9.59 Å². The highest BCUT2D eigenvalue weighted by Gasteiger charge is 2.31. The fourth-order valence-electron chi connectivity index (χ4n) is 5.78. The number of carbonyl (C=O) groups excluding carboxylic acids is 2. The lowest BCUT2D eigenvalue weighted by atomic mass is 9.94. The maximum absolute atomic E-state index is 13.9. The van der Waals surface area contributed by atoms with E-state index in [4.69, 9.17) is 9.72 Å². The first kappa shape index (κ1) is 24.4. The van der Waals surface area contributed by atoms with Crippen LogP contribution >= 0.6 is 11.3 Å². The van der Waals surface area contributed by atoms with Crippen LogP contribution in [-0.2, 0) is 11.2 Å². The number of aromatic amines is 1. The van der Waals surface area contributed by atoms with E-state index >= 15 is 0 Å². The summed E-state index contributed by atoms with van der Waals surface area (Å²) in [6.07, 6.45) is 7.30. The number of aromatic nitrogens is 3. The average molecular weight is 539 g/mol. The van der Waals surface area contributed by atoms with Gasteiger partial charge in [-0.25, -0.2) is 4.98 Å². The first-order valence-electron chi connectivity index (χ1n) is 13.8. The number of hydrogen-bond donors (Lipinski definition) is 1. The van der Waals surface area contributed by atoms with Gasteiger partial charge in [0.25, 0.3) is 5.91 Å². The molecule has 8 heteroatoms. The van der Waals surface area contributed by atoms with Gasteiger partial charge in [-0.1, -0.05) is 24.3 Å². The Hall–Kier alpha value is -3.62. The van der Waals surface area contributed by atoms with E-state index in [1.54, 1.807) is 17.4 Å². The molecule has 3 aromatic heterocycles. The SMILES string of the molecule is O=C(CC1CCOCC1)c1cc2c(s1)-c1ccccc1N(C(=O)c1cccc(-c3cn[nH]c3C3CC3)n1)CC2. The van der Waals surface area contributed by atoms with E-state index in [2.05, 4.69) is 22.3 Å². The molecule has 198 valence electrons. The molecule has 7 rings (SSSR count). The van der Waals surface area contributed by atoms with Crippen molar-refractivity contribution in [3.05, 3.63) is 76.6 Å². The van der Waals surface area contributed by atoms with Crippen molar-refractivity contribution in [1.29, 1.82) is 0 Å². The highest BCUT2D eigenvalue weighted by atomic mass is 32.1. The molecule has 0 spiro atoms. The normalized spacial score (nSPS) is 17.4. The first-order valence-corrected chi connectivity index (χ1v) is 14.6. The summed E-state index contributed by atoms with van der Waals surface area (Å²) >= 11 is 1.56. The number of benzene rings is 1. The minimum Gasteiger partial charge on any atom is -0.381 e. The maximum atomic E-state index is 13.9. The number of ketones is 1. The predicted molar refractivity (Wildman–Crippen MR) is 151 cm³/mol. The van der Waals surface area contributed by atoms with E-state index < -0.39 is 0 Å². The largest absolute Gasteiger partial charge is 0.381 e. The van der Waals surface area contributed by atoms with E-state index in [0.717, 1.165) is 82.4 Å². The Morgan fingerprint density at radius 2 is 1.87 bits per heavy atom. The molecule has 1 saturated carbocycles. The predicted octanol–water partition coefficient (Wildman–Crippen LogP) is 6.28. The summed E-state index contributed by atoms with van der Waals surface area (Å²) in [4.78, 5) is 35.6. The molecule has 1 saturated heterocycles. The Balaban J connectivity index is 1.17. The minimum absolute atomic E-state index is 0.119. The van der Waals surface area contributed by atoms with Crippen molar-refractivity contribution in [2.75, 3.05) is 24.7 Å². The number of anilines is 1. The second kappa shape index (κ2) is 10.2. The summed E-state index contributed by atoms with van der Waals surface area (Å²) in [5.41, 5.74) is 6.26. The third-order valence-corrected chi connectivity index (χ3v) is 9.34. The molecule has 1 aliphatic carbocycles. The van der Waals surface area contributed by atoms with Crippen LogP contribution in [0.15, 0.2) is 54.7 Å². The standard InChI is InChI=1S/C31H30N4O3S/c36-27(16-19-11-14-38-15-12-19)28-17-21-10-13-35(26-7-2-1-4-22(26)30(21)39-28)31(37)25-6-3-5-24(33-25)23-18-32-34-29(23)20-8-9-20/h1-7,17-20H,8-16H2,(H,32,34). The molecule has 0 unspecified atom stereocenters. The van der Waals surface area contributed by atoms with Crippen LogP contribution in [0.1, 0.15) is 69.4 Å². The highest BCUT2D eigenvalue weighted by molar-refractivity contribution is 7.17. The summed E-state index contributed by atoms with van der Waals surface area (Å²) in [7, 11) is 0. The number of amides is 1. The monoisotopic (exact) mass is 538 g/mol. The lowest BCUT2D eigenvalue weighted by Gasteiger charge is -2.23. The lowest BCUT2D eigenvalue weighted by molar-refractivity contribution is 0.0602. The topological polar surface area (TPSA) is 88.2 Å². The van der Waals surface area contributed by atoms with E-state index in [1.165, 1.54) is 0 Å². The van der Waals surface area contributed by atoms with Gasteiger partial charge in [-0.05, 0) is 67.9 Å². The summed E-state index contributed by atoms with van der Waals surface area (Å²) in [5, 5.41) is 7.37. The summed E-state index contributed by atoms with van der Waals surface area (Å²) in [6.45, 7) is 2.02. The maximum Gasteiger partial charge on any atom is 0.276 e. The number of rotatable bonds is 6. The number of nitrogens with zero attached hydrogens (tertiary/aromatic N) is 3. The number of para-hydroxylation sites is 1. The lowest BCUT2D eigenvalue weighted by Crippen LogP contribution is -2.33. The van der Waals surface area contributed by atoms with Crippen LogP contribution in [0.25, 0.3) is 21.7 Å². The van der Waals surface area contributed by atoms with Crippen molar-refractivity contribution in [3.8, 4) is 21.7 Å². The second-order valence-corrected chi connectivity index (χ2v) is 11.8. The summed E-state index contributed by atoms with van der Waals surface area (Å²) < 4.78 is 5.46. The average Bonchev–Trinajstić information content (AvgIpc) is 3.58. The zero-order valence-electron chi connectivity index (χ0n) is 21.7. The van der Waals surface area contributed by atoms with Gasteiger partial charge in [-0.2, -0.15) is 5.10 Å². The van der Waals surface area contributed by atoms with Gasteiger partial charge in [0, 0.05) is 53.8 Å². The Morgan fingerprint density at radius 1 is 1.03 bits per heavy atom. The third-order valence-electron chi connectivity index (χ3n) is 8.09. The van der Waals surface area contributed by atoms with Crippen molar-refractivity contribution >= 4 is 28.7 Å². The minimum atomic E-state index is -0.119. The van der Waals surface area contributed by atoms with Crippen molar-refractivity contribution in [2.24, 2.45) is 5.92 Å². The van der Waals surface area contributed by atoms with Gasteiger partial charge in [-0.3, -0.25) is 14.7 Å². The number of H-pyrrole nitrogens is 1. The number of Topliss-reactive ketones (excluding diaryl/α,β-unsaturated/α-hetero) is 1. The van der Waals surface area contributed by atoms with E-state index in [-0.39, 0.29) is 11.7 Å². The Labute approximate surface area is 231 Å². The van der Waals surface area contributed by atoms with Gasteiger partial charge in [0.05, 0.1) is 22.5 Å². The quantitative estimate of drug-likeness (QED) is 0.292. The second-order valence-electron chi connectivity index (χ2n) is 10.8. The summed E-state index contributed by atoms with van der Waals surface area (Å²) in [6, 6.07) is 15.7. The third kappa shape index (κ3) is 4.72. The fourth-order valence-corrected chi connectivity index (χ4v) is 6.98. The molecule has 1 N–H and O–H groups in total. The molecule has 2 aliphatic heterocycles. The van der Waals surface area contributed by atoms with Crippen LogP contribution in [0, 0.1) is 5.92 Å². The number of pyridine rings is 1. The first-order chi connectivity index (χ1) is 19.2. The van der Waals surface area contributed by atoms with Crippen molar-refractivity contribution in [2.45, 2.75) is 44.4 Å². The Bertz CT molecular complexity index is 1550. The zero-order chi connectivity index (χ0) is 26.3. The highest BCUT2D eigenvalue weighted by Crippen LogP contribution is 2.44. The number of nitrogens with one attached hydrogen (secondary N) is 1. The number of hydrogen-bond acceptors (Lipinski definition) is 6. The van der Waals surface area contributed by atoms with Gasteiger partial charge in [-0.15, -0.1) is 11.3 Å². The molecule has 4 aromatic rings. The molecule has 39 heavy (non-hydrogen) atoms. The molecule has 7 nitrogen and oxygen atoms in total. The Morgan fingerprint density at radius 3 is 2.72 bits per heavy atom. The number of thiophene rings is 1. The molecular weight excluding hydrogens is 508 g/mol. The zero-order valence-corrected chi connectivity index (χ0v) is 22.5. The molecule has 1 aromatic carbocycles. The number of carbonyl (C=O) groups is 2. The molecule has 2 fully saturated rings. The van der Waals surface area contributed by atoms with Crippen LogP contribution in [-0.4, -0.2) is 46.6 Å². The van der Waals surface area contributed by atoms with Gasteiger partial charge < -0.3 is 9.64 Å². The fraction of sp³-hybridized carbons (Fsp3) is 0.355. The molecule has 5 heterocycles. The van der Waals surface area contributed by atoms with Crippen molar-refractivity contribution in [3.63, 3.8) is 0 Å². The van der Waals surface area contributed by atoms with Gasteiger partial charge >= 0.3 is 0 Å². The molecule has 1 amide bonds. The molecule has 0 bridgehead atoms. The van der Waals surface area contributed by atoms with Crippen LogP contribution < -0.4 is 4.90 Å². The van der Waals surface area contributed by atoms with Crippen molar-refractivity contribution < 1.29 is 14.3 Å². The number of ether oxygens (including phenoxy) is 1. The van der Waals surface area contributed by atoms with Crippen LogP contribution in [0.4, 0.5) is 5.69 Å². The van der Waals surface area contributed by atoms with Gasteiger partial charge in [0.2, 0.25) is 0 Å².